The van der Waals surface area contributed by atoms with E-state index in [1.807, 2.05) is 4.90 Å². The van der Waals surface area contributed by atoms with Crippen LogP contribution in [0.5, 0.6) is 0 Å². The quantitative estimate of drug-likeness (QED) is 0.823. The molecule has 1 aliphatic rings. The van der Waals surface area contributed by atoms with Gasteiger partial charge in [0.2, 0.25) is 11.8 Å². The molecule has 7 heteroatoms. The number of carbonyl (C=O) groups is 1. The summed E-state index contributed by atoms with van der Waals surface area (Å²) in [4.78, 5) is 13.8. The highest BCUT2D eigenvalue weighted by Crippen LogP contribution is 2.13. The summed E-state index contributed by atoms with van der Waals surface area (Å²) in [5, 5.41) is 10.3. The SMILES string of the molecule is CC(Nc1nnc(CCl)o1)C(=O)N1CCCC1. The highest BCUT2D eigenvalue weighted by Gasteiger charge is 2.24. The molecule has 0 saturated carbocycles. The van der Waals surface area contributed by atoms with E-state index >= 15 is 0 Å². The van der Waals surface area contributed by atoms with E-state index in [1.54, 1.807) is 6.92 Å². The molecule has 0 spiro atoms. The van der Waals surface area contributed by atoms with E-state index in [1.165, 1.54) is 0 Å². The van der Waals surface area contributed by atoms with Gasteiger partial charge in [-0.05, 0) is 19.8 Å². The maximum absolute atomic E-state index is 12.0. The van der Waals surface area contributed by atoms with Crippen LogP contribution in [0, 0.1) is 0 Å². The normalized spacial score (nSPS) is 17.2. The van der Waals surface area contributed by atoms with Crippen molar-refractivity contribution < 1.29 is 9.21 Å². The highest BCUT2D eigenvalue weighted by molar-refractivity contribution is 6.16. The number of alkyl halides is 1. The summed E-state index contributed by atoms with van der Waals surface area (Å²) in [5.41, 5.74) is 0. The molecule has 1 unspecified atom stereocenters. The Balaban J connectivity index is 1.91. The molecule has 1 aliphatic heterocycles. The van der Waals surface area contributed by atoms with Crippen molar-refractivity contribution in [3.8, 4) is 0 Å². The predicted octanol–water partition coefficient (Wildman–Crippen LogP) is 1.23. The molecule has 1 fully saturated rings. The van der Waals surface area contributed by atoms with Gasteiger partial charge in [-0.1, -0.05) is 5.10 Å². The summed E-state index contributed by atoms with van der Waals surface area (Å²) in [5.74, 6) is 0.575. The molecule has 1 aromatic heterocycles. The Hall–Kier alpha value is -1.30. The third kappa shape index (κ3) is 2.88. The van der Waals surface area contributed by atoms with Crippen molar-refractivity contribution in [3.63, 3.8) is 0 Å². The number of likely N-dealkylation sites (tertiary alicyclic amines) is 1. The zero-order valence-electron chi connectivity index (χ0n) is 9.65. The summed E-state index contributed by atoms with van der Waals surface area (Å²) in [6, 6.07) is -0.127. The number of anilines is 1. The average molecular weight is 259 g/mol. The van der Waals surface area contributed by atoms with Crippen molar-refractivity contribution >= 4 is 23.5 Å². The third-order valence-electron chi connectivity index (χ3n) is 2.71. The number of hydrogen-bond donors (Lipinski definition) is 1. The molecular weight excluding hydrogens is 244 g/mol. The second kappa shape index (κ2) is 5.35. The van der Waals surface area contributed by atoms with Crippen LogP contribution in [0.4, 0.5) is 6.01 Å². The van der Waals surface area contributed by atoms with Gasteiger partial charge in [0.25, 0.3) is 0 Å². The minimum absolute atomic E-state index is 0.0631. The van der Waals surface area contributed by atoms with Crippen LogP contribution < -0.4 is 5.32 Å². The van der Waals surface area contributed by atoms with Crippen LogP contribution in [0.15, 0.2) is 4.42 Å². The Kier molecular flexibility index (Phi) is 3.83. The van der Waals surface area contributed by atoms with Gasteiger partial charge in [-0.15, -0.1) is 16.7 Å². The Bertz CT molecular complexity index is 389. The number of halogens is 1. The average Bonchev–Trinajstić information content (AvgIpc) is 2.98. The Labute approximate surface area is 104 Å². The molecule has 2 heterocycles. The van der Waals surface area contributed by atoms with Gasteiger partial charge >= 0.3 is 6.01 Å². The second-order valence-electron chi connectivity index (χ2n) is 4.03. The molecule has 0 radical (unpaired) electrons. The van der Waals surface area contributed by atoms with Crippen molar-refractivity contribution in [2.45, 2.75) is 31.7 Å². The van der Waals surface area contributed by atoms with Gasteiger partial charge in [-0.25, -0.2) is 0 Å². The van der Waals surface area contributed by atoms with E-state index in [2.05, 4.69) is 15.5 Å². The monoisotopic (exact) mass is 258 g/mol. The standard InChI is InChI=1S/C10H15ClN4O2/c1-7(9(16)15-4-2-3-5-15)12-10-14-13-8(6-11)17-10/h7H,2-6H2,1H3,(H,12,14). The number of carbonyl (C=O) groups excluding carboxylic acids is 1. The van der Waals surface area contributed by atoms with Gasteiger partial charge in [0.15, 0.2) is 0 Å². The van der Waals surface area contributed by atoms with E-state index in [4.69, 9.17) is 16.0 Å². The van der Waals surface area contributed by atoms with Crippen LogP contribution in [-0.2, 0) is 10.7 Å². The number of hydrogen-bond acceptors (Lipinski definition) is 5. The minimum Gasteiger partial charge on any atom is -0.407 e. The Morgan fingerprint density at radius 1 is 1.53 bits per heavy atom. The molecule has 2 rings (SSSR count). The van der Waals surface area contributed by atoms with Gasteiger partial charge in [0, 0.05) is 13.1 Å². The fraction of sp³-hybridized carbons (Fsp3) is 0.700. The molecule has 1 N–H and O–H groups in total. The fourth-order valence-electron chi connectivity index (χ4n) is 1.82. The zero-order valence-corrected chi connectivity index (χ0v) is 10.4. The molecule has 6 nitrogen and oxygen atoms in total. The third-order valence-corrected chi connectivity index (χ3v) is 2.94. The first-order chi connectivity index (χ1) is 8.20. The lowest BCUT2D eigenvalue weighted by Crippen LogP contribution is -2.39. The van der Waals surface area contributed by atoms with Gasteiger partial charge in [0.05, 0.1) is 0 Å². The van der Waals surface area contributed by atoms with Crippen molar-refractivity contribution in [1.29, 1.82) is 0 Å². The topological polar surface area (TPSA) is 71.3 Å². The molecule has 1 saturated heterocycles. The molecule has 94 valence electrons. The highest BCUT2D eigenvalue weighted by atomic mass is 35.5. The van der Waals surface area contributed by atoms with Crippen LogP contribution in [0.25, 0.3) is 0 Å². The smallest absolute Gasteiger partial charge is 0.316 e. The van der Waals surface area contributed by atoms with Crippen LogP contribution >= 0.6 is 11.6 Å². The van der Waals surface area contributed by atoms with E-state index < -0.39 is 0 Å². The van der Waals surface area contributed by atoms with Crippen molar-refractivity contribution in [2.75, 3.05) is 18.4 Å². The molecule has 0 aliphatic carbocycles. The number of aromatic nitrogens is 2. The lowest BCUT2D eigenvalue weighted by atomic mass is 10.3. The zero-order chi connectivity index (χ0) is 12.3. The van der Waals surface area contributed by atoms with E-state index in [0.29, 0.717) is 5.89 Å². The van der Waals surface area contributed by atoms with Gasteiger partial charge in [0.1, 0.15) is 11.9 Å². The molecule has 17 heavy (non-hydrogen) atoms. The summed E-state index contributed by atoms with van der Waals surface area (Å²) in [6.45, 7) is 3.45. The molecule has 1 aromatic rings. The predicted molar refractivity (Wildman–Crippen MR) is 62.8 cm³/mol. The van der Waals surface area contributed by atoms with Crippen molar-refractivity contribution in [2.24, 2.45) is 0 Å². The van der Waals surface area contributed by atoms with E-state index in [-0.39, 0.29) is 23.8 Å². The van der Waals surface area contributed by atoms with Crippen LogP contribution in [0.1, 0.15) is 25.7 Å². The van der Waals surface area contributed by atoms with Crippen LogP contribution in [0.3, 0.4) is 0 Å². The lowest BCUT2D eigenvalue weighted by molar-refractivity contribution is -0.130. The first-order valence-corrected chi connectivity index (χ1v) is 6.18. The molecule has 0 bridgehead atoms. The summed E-state index contributed by atoms with van der Waals surface area (Å²) >= 11 is 5.54. The molecular formula is C10H15ClN4O2. The first kappa shape index (κ1) is 12.2. The largest absolute Gasteiger partial charge is 0.407 e. The van der Waals surface area contributed by atoms with E-state index in [9.17, 15) is 4.79 Å². The van der Waals surface area contributed by atoms with Crippen molar-refractivity contribution in [1.82, 2.24) is 15.1 Å². The molecule has 1 amide bonds. The van der Waals surface area contributed by atoms with Gasteiger partial charge < -0.3 is 14.6 Å². The lowest BCUT2D eigenvalue weighted by Gasteiger charge is -2.20. The fourth-order valence-corrected chi connectivity index (χ4v) is 1.93. The van der Waals surface area contributed by atoms with Gasteiger partial charge in [-0.2, -0.15) is 0 Å². The Morgan fingerprint density at radius 3 is 2.82 bits per heavy atom. The second-order valence-corrected chi connectivity index (χ2v) is 4.30. The maximum atomic E-state index is 12.0. The first-order valence-electron chi connectivity index (χ1n) is 5.64. The van der Waals surface area contributed by atoms with E-state index in [0.717, 1.165) is 25.9 Å². The minimum atomic E-state index is -0.364. The number of rotatable bonds is 4. The number of amides is 1. The van der Waals surface area contributed by atoms with Crippen LogP contribution in [-0.4, -0.2) is 40.1 Å². The van der Waals surface area contributed by atoms with Crippen molar-refractivity contribution in [3.05, 3.63) is 5.89 Å². The van der Waals surface area contributed by atoms with Gasteiger partial charge in [-0.3, -0.25) is 4.79 Å². The summed E-state index contributed by atoms with van der Waals surface area (Å²) in [7, 11) is 0. The number of nitrogens with zero attached hydrogens (tertiary/aromatic N) is 3. The maximum Gasteiger partial charge on any atom is 0.316 e. The number of nitrogens with one attached hydrogen (secondary N) is 1. The summed E-state index contributed by atoms with van der Waals surface area (Å²) < 4.78 is 5.18. The Morgan fingerprint density at radius 2 is 2.24 bits per heavy atom. The molecule has 1 atom stereocenters. The summed E-state index contributed by atoms with van der Waals surface area (Å²) in [6.07, 6.45) is 2.16. The van der Waals surface area contributed by atoms with Crippen LogP contribution in [0.2, 0.25) is 0 Å². The molecule has 0 aromatic carbocycles.